The Morgan fingerprint density at radius 1 is 1.20 bits per heavy atom. The molecule has 0 heterocycles. The number of nitriles is 1. The number of halogens is 2. The average Bonchev–Trinajstić information content (AvgIpc) is 2.45. The normalized spacial score (nSPS) is 10.1. The number of nitrogens with one attached hydrogen (secondary N) is 1. The SMILES string of the molecule is CNCc1ccc(Oc2cccc(Cl)c2Cl)c(C#N)c1. The monoisotopic (exact) mass is 306 g/mol. The van der Waals surface area contributed by atoms with Gasteiger partial charge < -0.3 is 10.1 Å². The van der Waals surface area contributed by atoms with Crippen LogP contribution in [0.3, 0.4) is 0 Å². The van der Waals surface area contributed by atoms with E-state index in [4.69, 9.17) is 27.9 Å². The summed E-state index contributed by atoms with van der Waals surface area (Å²) >= 11 is 12.0. The fourth-order valence-corrected chi connectivity index (χ4v) is 2.08. The van der Waals surface area contributed by atoms with Gasteiger partial charge in [-0.1, -0.05) is 35.3 Å². The molecule has 2 rings (SSSR count). The first-order valence-corrected chi connectivity index (χ1v) is 6.70. The summed E-state index contributed by atoms with van der Waals surface area (Å²) < 4.78 is 5.69. The van der Waals surface area contributed by atoms with Crippen LogP contribution in [-0.4, -0.2) is 7.05 Å². The Morgan fingerprint density at radius 2 is 2.00 bits per heavy atom. The number of hydrogen-bond donors (Lipinski definition) is 1. The van der Waals surface area contributed by atoms with E-state index in [1.807, 2.05) is 13.1 Å². The van der Waals surface area contributed by atoms with Gasteiger partial charge in [-0.15, -0.1) is 0 Å². The van der Waals surface area contributed by atoms with Crippen molar-refractivity contribution < 1.29 is 4.74 Å². The fourth-order valence-electron chi connectivity index (χ4n) is 1.75. The van der Waals surface area contributed by atoms with E-state index in [0.29, 0.717) is 33.7 Å². The molecule has 0 aliphatic carbocycles. The van der Waals surface area contributed by atoms with Gasteiger partial charge in [-0.3, -0.25) is 0 Å². The number of ether oxygens (including phenoxy) is 1. The largest absolute Gasteiger partial charge is 0.454 e. The van der Waals surface area contributed by atoms with Gasteiger partial charge in [0.2, 0.25) is 0 Å². The number of benzene rings is 2. The van der Waals surface area contributed by atoms with Crippen molar-refractivity contribution >= 4 is 23.2 Å². The molecule has 1 N–H and O–H groups in total. The molecule has 2 aromatic rings. The second-order valence-electron chi connectivity index (χ2n) is 4.13. The van der Waals surface area contributed by atoms with Gasteiger partial charge in [0.15, 0.2) is 0 Å². The number of hydrogen-bond acceptors (Lipinski definition) is 3. The lowest BCUT2D eigenvalue weighted by Crippen LogP contribution is -2.05. The van der Waals surface area contributed by atoms with E-state index in [0.717, 1.165) is 5.56 Å². The van der Waals surface area contributed by atoms with E-state index in [1.165, 1.54) is 0 Å². The zero-order valence-corrected chi connectivity index (χ0v) is 12.3. The summed E-state index contributed by atoms with van der Waals surface area (Å²) in [7, 11) is 1.85. The second kappa shape index (κ2) is 6.62. The first-order chi connectivity index (χ1) is 9.65. The zero-order valence-electron chi connectivity index (χ0n) is 10.8. The highest BCUT2D eigenvalue weighted by Gasteiger charge is 2.10. The molecule has 5 heteroatoms. The Hall–Kier alpha value is -1.73. The standard InChI is InChI=1S/C15H12Cl2N2O/c1-19-9-10-5-6-13(11(7-10)8-18)20-14-4-2-3-12(16)15(14)17/h2-7,19H,9H2,1H3. The van der Waals surface area contributed by atoms with Crippen molar-refractivity contribution in [3.63, 3.8) is 0 Å². The van der Waals surface area contributed by atoms with Crippen LogP contribution in [0.25, 0.3) is 0 Å². The smallest absolute Gasteiger partial charge is 0.147 e. The third kappa shape index (κ3) is 3.23. The van der Waals surface area contributed by atoms with Crippen LogP contribution in [0.4, 0.5) is 0 Å². The molecule has 102 valence electrons. The van der Waals surface area contributed by atoms with Crippen LogP contribution < -0.4 is 10.1 Å². The predicted octanol–water partition coefficient (Wildman–Crippen LogP) is 4.38. The summed E-state index contributed by atoms with van der Waals surface area (Å²) in [6.45, 7) is 0.687. The Bertz CT molecular complexity index is 665. The van der Waals surface area contributed by atoms with Gasteiger partial charge >= 0.3 is 0 Å². The first-order valence-electron chi connectivity index (χ1n) is 5.95. The molecule has 0 aliphatic heterocycles. The van der Waals surface area contributed by atoms with E-state index < -0.39 is 0 Å². The first kappa shape index (κ1) is 14.7. The van der Waals surface area contributed by atoms with Crippen LogP contribution in [-0.2, 0) is 6.54 Å². The summed E-state index contributed by atoms with van der Waals surface area (Å²) in [5.74, 6) is 0.883. The highest BCUT2D eigenvalue weighted by Crippen LogP contribution is 2.35. The van der Waals surface area contributed by atoms with E-state index in [9.17, 15) is 5.26 Å². The van der Waals surface area contributed by atoms with Crippen molar-refractivity contribution in [2.24, 2.45) is 0 Å². The van der Waals surface area contributed by atoms with Gasteiger partial charge in [-0.05, 0) is 36.9 Å². The number of rotatable bonds is 4. The lowest BCUT2D eigenvalue weighted by Gasteiger charge is -2.11. The van der Waals surface area contributed by atoms with Crippen molar-refractivity contribution in [2.45, 2.75) is 6.54 Å². The van der Waals surface area contributed by atoms with Crippen LogP contribution in [0.1, 0.15) is 11.1 Å². The molecule has 0 saturated carbocycles. The summed E-state index contributed by atoms with van der Waals surface area (Å²) in [4.78, 5) is 0. The molecular weight excluding hydrogens is 295 g/mol. The molecule has 0 radical (unpaired) electrons. The molecule has 0 aliphatic rings. The van der Waals surface area contributed by atoms with Gasteiger partial charge in [-0.25, -0.2) is 0 Å². The molecule has 0 atom stereocenters. The van der Waals surface area contributed by atoms with E-state index >= 15 is 0 Å². The third-order valence-corrected chi connectivity index (χ3v) is 3.48. The summed E-state index contributed by atoms with van der Waals surface area (Å²) in [6, 6.07) is 12.7. The highest BCUT2D eigenvalue weighted by molar-refractivity contribution is 6.42. The lowest BCUT2D eigenvalue weighted by atomic mass is 10.1. The molecule has 0 unspecified atom stereocenters. The second-order valence-corrected chi connectivity index (χ2v) is 4.91. The van der Waals surface area contributed by atoms with Gasteiger partial charge in [0.05, 0.1) is 10.6 Å². The van der Waals surface area contributed by atoms with E-state index in [-0.39, 0.29) is 0 Å². The molecule has 0 fully saturated rings. The molecule has 3 nitrogen and oxygen atoms in total. The topological polar surface area (TPSA) is 45.0 Å². The molecule has 2 aromatic carbocycles. The number of nitrogens with zero attached hydrogens (tertiary/aromatic N) is 1. The molecule has 0 saturated heterocycles. The minimum Gasteiger partial charge on any atom is -0.454 e. The third-order valence-electron chi connectivity index (χ3n) is 2.68. The highest BCUT2D eigenvalue weighted by atomic mass is 35.5. The minimum absolute atomic E-state index is 0.331. The Morgan fingerprint density at radius 3 is 2.70 bits per heavy atom. The molecule has 0 bridgehead atoms. The van der Waals surface area contributed by atoms with Gasteiger partial charge in [0, 0.05) is 6.54 Å². The fraction of sp³-hybridized carbons (Fsp3) is 0.133. The van der Waals surface area contributed by atoms with Crippen LogP contribution in [0.15, 0.2) is 36.4 Å². The average molecular weight is 307 g/mol. The van der Waals surface area contributed by atoms with Gasteiger partial charge in [0.1, 0.15) is 22.6 Å². The van der Waals surface area contributed by atoms with Crippen LogP contribution in [0.5, 0.6) is 11.5 Å². The maximum absolute atomic E-state index is 9.20. The quantitative estimate of drug-likeness (QED) is 0.912. The van der Waals surface area contributed by atoms with Crippen molar-refractivity contribution in [2.75, 3.05) is 7.05 Å². The predicted molar refractivity (Wildman–Crippen MR) is 80.5 cm³/mol. The van der Waals surface area contributed by atoms with Crippen molar-refractivity contribution in [3.8, 4) is 17.6 Å². The van der Waals surface area contributed by atoms with Gasteiger partial charge in [-0.2, -0.15) is 5.26 Å². The minimum atomic E-state index is 0.331. The summed E-state index contributed by atoms with van der Waals surface area (Å²) in [5.41, 5.74) is 1.46. The molecule has 20 heavy (non-hydrogen) atoms. The zero-order chi connectivity index (χ0) is 14.5. The molecule has 0 spiro atoms. The van der Waals surface area contributed by atoms with Crippen LogP contribution in [0.2, 0.25) is 10.0 Å². The Kier molecular flexibility index (Phi) is 4.86. The molecule has 0 amide bonds. The Labute approximate surface area is 127 Å². The van der Waals surface area contributed by atoms with E-state index in [1.54, 1.807) is 30.3 Å². The van der Waals surface area contributed by atoms with E-state index in [2.05, 4.69) is 11.4 Å². The Balaban J connectivity index is 2.34. The molecular formula is C15H12Cl2N2O. The van der Waals surface area contributed by atoms with Crippen LogP contribution in [0, 0.1) is 11.3 Å². The van der Waals surface area contributed by atoms with Crippen molar-refractivity contribution in [1.29, 1.82) is 5.26 Å². The maximum atomic E-state index is 9.20. The van der Waals surface area contributed by atoms with Crippen molar-refractivity contribution in [3.05, 3.63) is 57.6 Å². The lowest BCUT2D eigenvalue weighted by molar-refractivity contribution is 0.481. The molecule has 0 aromatic heterocycles. The maximum Gasteiger partial charge on any atom is 0.147 e. The summed E-state index contributed by atoms with van der Waals surface area (Å²) in [5, 5.41) is 13.0. The van der Waals surface area contributed by atoms with Crippen molar-refractivity contribution in [1.82, 2.24) is 5.32 Å². The summed E-state index contributed by atoms with van der Waals surface area (Å²) in [6.07, 6.45) is 0. The van der Waals surface area contributed by atoms with Gasteiger partial charge in [0.25, 0.3) is 0 Å². The van der Waals surface area contributed by atoms with Crippen LogP contribution >= 0.6 is 23.2 Å².